The molecule has 9 nitrogen and oxygen atoms in total. The van der Waals surface area contributed by atoms with E-state index < -0.39 is 33.2 Å². The number of aromatic amines is 1. The third kappa shape index (κ3) is 3.43. The number of aromatic carboxylic acids is 2. The molecule has 0 aliphatic heterocycles. The minimum atomic E-state index is -4.51. The van der Waals surface area contributed by atoms with Crippen LogP contribution in [0.4, 0.5) is 0 Å². The lowest BCUT2D eigenvalue weighted by molar-refractivity contribution is -0.345. The van der Waals surface area contributed by atoms with Crippen molar-refractivity contribution in [1.29, 1.82) is 0 Å². The fourth-order valence-corrected chi connectivity index (χ4v) is 3.30. The van der Waals surface area contributed by atoms with Crippen molar-refractivity contribution in [3.8, 4) is 11.5 Å². The molecule has 0 radical (unpaired) electrons. The maximum Gasteiger partial charge on any atom is 0.340 e. The average molecular weight is 390 g/mol. The van der Waals surface area contributed by atoms with Crippen LogP contribution in [0, 0.1) is 0 Å². The first kappa shape index (κ1) is 18.3. The fraction of sp³-hybridized carbons (Fsp3) is 0. The number of pyridine rings is 1. The van der Waals surface area contributed by atoms with Crippen LogP contribution in [0.5, 0.6) is 11.5 Å². The molecule has 0 bridgehead atoms. The third-order valence-corrected chi connectivity index (χ3v) is 4.63. The Morgan fingerprint density at radius 1 is 0.926 bits per heavy atom. The van der Waals surface area contributed by atoms with Crippen LogP contribution < -0.4 is 9.72 Å². The van der Waals surface area contributed by atoms with Crippen molar-refractivity contribution in [2.75, 3.05) is 0 Å². The summed E-state index contributed by atoms with van der Waals surface area (Å²) < 4.78 is 38.0. The van der Waals surface area contributed by atoms with E-state index in [1.807, 2.05) is 0 Å². The topological polar surface area (TPSA) is 152 Å². The van der Waals surface area contributed by atoms with Crippen molar-refractivity contribution in [2.45, 2.75) is 4.90 Å². The van der Waals surface area contributed by atoms with Crippen LogP contribution in [-0.2, 0) is 10.1 Å². The van der Waals surface area contributed by atoms with Gasteiger partial charge in [0.25, 0.3) is 15.6 Å². The Balaban J connectivity index is 2.21. The molecule has 0 saturated heterocycles. The van der Waals surface area contributed by atoms with Gasteiger partial charge in [0.2, 0.25) is 0 Å². The maximum atomic E-state index is 11.5. The molecule has 0 saturated carbocycles. The molecule has 3 rings (SSSR count). The molecule has 2 aromatic carbocycles. The molecule has 138 valence electrons. The quantitative estimate of drug-likeness (QED) is 0.560. The van der Waals surface area contributed by atoms with Gasteiger partial charge < -0.3 is 14.9 Å². The molecule has 1 heterocycles. The summed E-state index contributed by atoms with van der Waals surface area (Å²) in [5.74, 6) is -3.12. The summed E-state index contributed by atoms with van der Waals surface area (Å²) >= 11 is 0. The number of benzene rings is 2. The van der Waals surface area contributed by atoms with Crippen molar-refractivity contribution in [3.05, 3.63) is 59.8 Å². The molecule has 0 amide bonds. The number of hydrogen-bond acceptors (Lipinski definition) is 5. The number of H-pyrrole nitrogens is 1. The molecule has 0 fully saturated rings. The Morgan fingerprint density at radius 2 is 1.67 bits per heavy atom. The summed E-state index contributed by atoms with van der Waals surface area (Å²) in [4.78, 5) is 25.2. The standard InChI is InChI=1S/C17H11NO8S/c19-16(20)10-3-1-5-11(14(10)17(21)22)26-12-6-7-13(27(23,24)25)9-4-2-8-18-15(9)12/h1-8H,(H,19,20)(H,21,22)(H,23,24,25)/p+1. The third-order valence-electron chi connectivity index (χ3n) is 3.72. The van der Waals surface area contributed by atoms with E-state index in [4.69, 9.17) is 4.74 Å². The number of fused-ring (bicyclic) bond motifs is 1. The Hall–Kier alpha value is -3.50. The van der Waals surface area contributed by atoms with Gasteiger partial charge in [0.1, 0.15) is 16.2 Å². The van der Waals surface area contributed by atoms with Crippen LogP contribution in [0.3, 0.4) is 0 Å². The first-order chi connectivity index (χ1) is 12.7. The molecular formula is C17H12NO8S+. The molecule has 1 aromatic heterocycles. The number of rotatable bonds is 5. The highest BCUT2D eigenvalue weighted by molar-refractivity contribution is 7.86. The molecule has 10 heteroatoms. The number of ether oxygens (including phenoxy) is 1. The number of aromatic nitrogens is 1. The molecule has 0 spiro atoms. The molecule has 4 N–H and O–H groups in total. The smallest absolute Gasteiger partial charge is 0.340 e. The van der Waals surface area contributed by atoms with E-state index in [0.29, 0.717) is 0 Å². The molecule has 0 atom stereocenters. The van der Waals surface area contributed by atoms with Crippen molar-refractivity contribution in [1.82, 2.24) is 0 Å². The number of carbonyl (C=O) groups is 2. The number of nitrogens with one attached hydrogen (secondary N) is 1. The minimum Gasteiger partial charge on any atom is -0.478 e. The summed E-state index contributed by atoms with van der Waals surface area (Å²) in [5, 5.41) is 18.7. The molecule has 3 aromatic rings. The van der Waals surface area contributed by atoms with E-state index in [0.717, 1.165) is 12.1 Å². The Bertz CT molecular complexity index is 1190. The zero-order valence-electron chi connectivity index (χ0n) is 13.4. The van der Waals surface area contributed by atoms with Crippen molar-refractivity contribution in [3.63, 3.8) is 0 Å². The van der Waals surface area contributed by atoms with E-state index in [-0.39, 0.29) is 27.3 Å². The van der Waals surface area contributed by atoms with Crippen LogP contribution in [0.2, 0.25) is 0 Å². The predicted molar refractivity (Wildman–Crippen MR) is 90.8 cm³/mol. The van der Waals surface area contributed by atoms with E-state index in [1.54, 1.807) is 0 Å². The summed E-state index contributed by atoms with van der Waals surface area (Å²) in [6.07, 6.45) is 1.48. The molecule has 0 aliphatic rings. The predicted octanol–water partition coefficient (Wildman–Crippen LogP) is 2.09. The van der Waals surface area contributed by atoms with Crippen LogP contribution in [0.25, 0.3) is 10.9 Å². The first-order valence-corrected chi connectivity index (χ1v) is 8.82. The van der Waals surface area contributed by atoms with Crippen molar-refractivity contribution >= 4 is 33.0 Å². The lowest BCUT2D eigenvalue weighted by atomic mass is 10.1. The van der Waals surface area contributed by atoms with Gasteiger partial charge in [0.15, 0.2) is 11.9 Å². The van der Waals surface area contributed by atoms with Gasteiger partial charge in [-0.05, 0) is 30.3 Å². The monoisotopic (exact) mass is 390 g/mol. The molecule has 0 aliphatic carbocycles. The van der Waals surface area contributed by atoms with Gasteiger partial charge in [-0.15, -0.1) is 0 Å². The van der Waals surface area contributed by atoms with Gasteiger partial charge in [-0.2, -0.15) is 8.42 Å². The first-order valence-electron chi connectivity index (χ1n) is 7.38. The Labute approximate surface area is 152 Å². The highest BCUT2D eigenvalue weighted by atomic mass is 32.2. The van der Waals surface area contributed by atoms with E-state index in [9.17, 15) is 32.8 Å². The van der Waals surface area contributed by atoms with Crippen molar-refractivity contribution < 1.29 is 42.5 Å². The highest BCUT2D eigenvalue weighted by Crippen LogP contribution is 2.33. The largest absolute Gasteiger partial charge is 0.478 e. The second-order valence-electron chi connectivity index (χ2n) is 5.39. The van der Waals surface area contributed by atoms with Crippen LogP contribution in [-0.4, -0.2) is 35.1 Å². The number of carboxylic acid groups (broad SMARTS) is 2. The van der Waals surface area contributed by atoms with E-state index in [1.165, 1.54) is 36.5 Å². The normalized spacial score (nSPS) is 11.3. The maximum absolute atomic E-state index is 11.5. The van der Waals surface area contributed by atoms with Gasteiger partial charge in [0, 0.05) is 6.07 Å². The lowest BCUT2D eigenvalue weighted by Crippen LogP contribution is -2.11. The zero-order valence-corrected chi connectivity index (χ0v) is 14.2. The lowest BCUT2D eigenvalue weighted by Gasteiger charge is -2.11. The van der Waals surface area contributed by atoms with Crippen LogP contribution in [0.1, 0.15) is 20.7 Å². The zero-order chi connectivity index (χ0) is 19.8. The second kappa shape index (κ2) is 6.67. The molecular weight excluding hydrogens is 378 g/mol. The number of hydrogen-bond donors (Lipinski definition) is 3. The van der Waals surface area contributed by atoms with Gasteiger partial charge >= 0.3 is 11.9 Å². The highest BCUT2D eigenvalue weighted by Gasteiger charge is 2.24. The summed E-state index contributed by atoms with van der Waals surface area (Å²) in [6.45, 7) is 0. The Morgan fingerprint density at radius 3 is 2.30 bits per heavy atom. The van der Waals surface area contributed by atoms with E-state index in [2.05, 4.69) is 4.98 Å². The SMILES string of the molecule is O=C(O)c1cccc(Oc2ccc(S(=O)(=O)O)c3ccc[nH+]c23)c1C(=O)O. The van der Waals surface area contributed by atoms with Crippen LogP contribution in [0.15, 0.2) is 53.6 Å². The van der Waals surface area contributed by atoms with Crippen LogP contribution >= 0.6 is 0 Å². The summed E-state index contributed by atoms with van der Waals surface area (Å²) in [5.41, 5.74) is -0.833. The molecule has 0 unspecified atom stereocenters. The van der Waals surface area contributed by atoms with Gasteiger partial charge in [-0.3, -0.25) is 4.55 Å². The van der Waals surface area contributed by atoms with Gasteiger partial charge in [0.05, 0.1) is 10.9 Å². The second-order valence-corrected chi connectivity index (χ2v) is 6.78. The fourth-order valence-electron chi connectivity index (χ4n) is 2.61. The minimum absolute atomic E-state index is 0.0445. The van der Waals surface area contributed by atoms with Gasteiger partial charge in [-0.1, -0.05) is 6.07 Å². The van der Waals surface area contributed by atoms with Crippen molar-refractivity contribution in [2.24, 2.45) is 0 Å². The Kier molecular flexibility index (Phi) is 4.52. The number of carboxylic acids is 2. The molecule has 27 heavy (non-hydrogen) atoms. The summed E-state index contributed by atoms with van der Waals surface area (Å²) in [6, 6.07) is 8.99. The van der Waals surface area contributed by atoms with E-state index >= 15 is 0 Å². The average Bonchev–Trinajstić information content (AvgIpc) is 2.60. The van der Waals surface area contributed by atoms with Gasteiger partial charge in [-0.25, -0.2) is 14.6 Å². The summed E-state index contributed by atoms with van der Waals surface area (Å²) in [7, 11) is -4.51.